The molecule has 0 aliphatic heterocycles. The zero-order valence-corrected chi connectivity index (χ0v) is 15.5. The zero-order chi connectivity index (χ0) is 20.2. The predicted molar refractivity (Wildman–Crippen MR) is 112 cm³/mol. The quantitative estimate of drug-likeness (QED) is 0.558. The second-order valence-electron chi connectivity index (χ2n) is 6.51. The minimum atomic E-state index is -0.295. The summed E-state index contributed by atoms with van der Waals surface area (Å²) in [6, 6.07) is 22.2. The predicted octanol–water partition coefficient (Wildman–Crippen LogP) is 4.13. The van der Waals surface area contributed by atoms with E-state index in [0.717, 1.165) is 16.7 Å². The van der Waals surface area contributed by atoms with Crippen LogP contribution in [-0.2, 0) is 6.61 Å². The summed E-state index contributed by atoms with van der Waals surface area (Å²) in [4.78, 5) is 20.2. The molecule has 2 aromatic carbocycles. The Kier molecular flexibility index (Phi) is 5.02. The molecular weight excluding hydrogens is 362 g/mol. The Morgan fingerprint density at radius 2 is 1.79 bits per heavy atom. The van der Waals surface area contributed by atoms with E-state index in [1.54, 1.807) is 36.7 Å². The minimum Gasteiger partial charge on any atom is -0.392 e. The van der Waals surface area contributed by atoms with Crippen molar-refractivity contribution in [3.8, 4) is 39.6 Å². The van der Waals surface area contributed by atoms with E-state index in [4.69, 9.17) is 0 Å². The average Bonchev–Trinajstić information content (AvgIpc) is 2.79. The van der Waals surface area contributed by atoms with E-state index in [2.05, 4.69) is 16.0 Å². The van der Waals surface area contributed by atoms with Crippen LogP contribution in [0.25, 0.3) is 33.5 Å². The highest BCUT2D eigenvalue weighted by atomic mass is 16.3. The lowest BCUT2D eigenvalue weighted by Gasteiger charge is -2.16. The van der Waals surface area contributed by atoms with Crippen LogP contribution in [0.15, 0.2) is 83.9 Å². The summed E-state index contributed by atoms with van der Waals surface area (Å²) in [5, 5.41) is 19.2. The van der Waals surface area contributed by atoms with Gasteiger partial charge in [0.05, 0.1) is 29.5 Å². The summed E-state index contributed by atoms with van der Waals surface area (Å²) in [7, 11) is 0. The molecule has 2 heterocycles. The van der Waals surface area contributed by atoms with Crippen molar-refractivity contribution in [1.82, 2.24) is 9.97 Å². The van der Waals surface area contributed by atoms with Crippen molar-refractivity contribution in [2.75, 3.05) is 0 Å². The molecule has 140 valence electrons. The molecule has 5 heteroatoms. The van der Waals surface area contributed by atoms with E-state index < -0.39 is 0 Å². The van der Waals surface area contributed by atoms with Gasteiger partial charge < -0.3 is 10.1 Å². The van der Waals surface area contributed by atoms with Crippen LogP contribution in [0.2, 0.25) is 0 Å². The van der Waals surface area contributed by atoms with Crippen LogP contribution in [0.5, 0.6) is 0 Å². The van der Waals surface area contributed by atoms with Crippen molar-refractivity contribution >= 4 is 0 Å². The Balaban J connectivity index is 2.13. The number of H-pyrrole nitrogens is 1. The van der Waals surface area contributed by atoms with Crippen LogP contribution in [0, 0.1) is 11.3 Å². The number of benzene rings is 2. The Hall–Kier alpha value is -4.01. The molecule has 0 aliphatic rings. The van der Waals surface area contributed by atoms with E-state index in [0.29, 0.717) is 27.9 Å². The number of aromatic nitrogens is 2. The number of aromatic amines is 1. The Labute approximate surface area is 167 Å². The monoisotopic (exact) mass is 379 g/mol. The molecule has 0 saturated heterocycles. The zero-order valence-electron chi connectivity index (χ0n) is 15.5. The lowest BCUT2D eigenvalue weighted by molar-refractivity contribution is 0.282. The number of rotatable bonds is 4. The number of pyridine rings is 2. The van der Waals surface area contributed by atoms with Gasteiger partial charge in [-0.05, 0) is 35.4 Å². The van der Waals surface area contributed by atoms with E-state index >= 15 is 0 Å². The van der Waals surface area contributed by atoms with Crippen molar-refractivity contribution in [1.29, 1.82) is 5.26 Å². The lowest BCUT2D eigenvalue weighted by Crippen LogP contribution is -2.12. The molecule has 4 rings (SSSR count). The van der Waals surface area contributed by atoms with Gasteiger partial charge in [-0.1, -0.05) is 42.5 Å². The second kappa shape index (κ2) is 7.93. The standard InChI is InChI=1S/C24H17N3O2/c25-13-18-7-1-2-9-19(18)23-22(17-8-5-6-16(12-17)15-28)20(14-27-24(23)29)21-10-3-4-11-26-21/h1-12,14,28H,15H2,(H,27,29). The van der Waals surface area contributed by atoms with Crippen molar-refractivity contribution in [2.24, 2.45) is 0 Å². The van der Waals surface area contributed by atoms with E-state index in [1.807, 2.05) is 42.5 Å². The van der Waals surface area contributed by atoms with Gasteiger partial charge in [0.25, 0.3) is 5.56 Å². The third-order valence-corrected chi connectivity index (χ3v) is 4.75. The number of nitrogens with zero attached hydrogens (tertiary/aromatic N) is 2. The highest BCUT2D eigenvalue weighted by Gasteiger charge is 2.20. The summed E-state index contributed by atoms with van der Waals surface area (Å²) >= 11 is 0. The van der Waals surface area contributed by atoms with Crippen LogP contribution in [0.3, 0.4) is 0 Å². The van der Waals surface area contributed by atoms with Gasteiger partial charge in [-0.2, -0.15) is 5.26 Å². The van der Waals surface area contributed by atoms with Crippen molar-refractivity contribution in [2.45, 2.75) is 6.61 Å². The lowest BCUT2D eigenvalue weighted by atomic mass is 9.89. The molecule has 0 amide bonds. The molecule has 0 bridgehead atoms. The minimum absolute atomic E-state index is 0.111. The first-order valence-corrected chi connectivity index (χ1v) is 9.09. The van der Waals surface area contributed by atoms with Gasteiger partial charge in [-0.3, -0.25) is 9.78 Å². The molecule has 0 unspecified atom stereocenters. The molecule has 4 aromatic rings. The van der Waals surface area contributed by atoms with Crippen LogP contribution < -0.4 is 5.56 Å². The molecule has 0 radical (unpaired) electrons. The first kappa shape index (κ1) is 18.4. The largest absolute Gasteiger partial charge is 0.392 e. The van der Waals surface area contributed by atoms with Crippen LogP contribution in [0.4, 0.5) is 0 Å². The van der Waals surface area contributed by atoms with Crippen LogP contribution in [0.1, 0.15) is 11.1 Å². The fourth-order valence-electron chi connectivity index (χ4n) is 3.43. The van der Waals surface area contributed by atoms with E-state index in [9.17, 15) is 15.2 Å². The number of hydrogen-bond donors (Lipinski definition) is 2. The summed E-state index contributed by atoms with van der Waals surface area (Å²) in [5.74, 6) is 0. The van der Waals surface area contributed by atoms with Gasteiger partial charge in [0.15, 0.2) is 0 Å². The molecule has 0 aliphatic carbocycles. The van der Waals surface area contributed by atoms with Crippen molar-refractivity contribution in [3.63, 3.8) is 0 Å². The maximum absolute atomic E-state index is 13.0. The smallest absolute Gasteiger partial charge is 0.256 e. The maximum atomic E-state index is 13.0. The molecule has 0 atom stereocenters. The first-order chi connectivity index (χ1) is 14.2. The SMILES string of the molecule is N#Cc1ccccc1-c1c(-c2cccc(CO)c2)c(-c2ccccn2)c[nH]c1=O. The normalized spacial score (nSPS) is 10.5. The fraction of sp³-hybridized carbons (Fsp3) is 0.0417. The van der Waals surface area contributed by atoms with Gasteiger partial charge in [0.2, 0.25) is 0 Å². The maximum Gasteiger partial charge on any atom is 0.256 e. The first-order valence-electron chi connectivity index (χ1n) is 9.09. The van der Waals surface area contributed by atoms with Crippen molar-refractivity contribution < 1.29 is 5.11 Å². The Morgan fingerprint density at radius 1 is 0.966 bits per heavy atom. The topological polar surface area (TPSA) is 89.8 Å². The average molecular weight is 379 g/mol. The van der Waals surface area contributed by atoms with Crippen LogP contribution >= 0.6 is 0 Å². The molecular formula is C24H17N3O2. The fourth-order valence-corrected chi connectivity index (χ4v) is 3.43. The highest BCUT2D eigenvalue weighted by molar-refractivity contribution is 5.94. The molecule has 0 spiro atoms. The van der Waals surface area contributed by atoms with E-state index in [1.165, 1.54) is 0 Å². The van der Waals surface area contributed by atoms with Gasteiger partial charge >= 0.3 is 0 Å². The van der Waals surface area contributed by atoms with Gasteiger partial charge in [0.1, 0.15) is 0 Å². The van der Waals surface area contributed by atoms with Crippen LogP contribution in [-0.4, -0.2) is 15.1 Å². The summed E-state index contributed by atoms with van der Waals surface area (Å²) < 4.78 is 0. The Bertz CT molecular complexity index is 1270. The second-order valence-corrected chi connectivity index (χ2v) is 6.51. The van der Waals surface area contributed by atoms with E-state index in [-0.39, 0.29) is 12.2 Å². The molecule has 0 fully saturated rings. The molecule has 0 saturated carbocycles. The van der Waals surface area contributed by atoms with Gasteiger partial charge in [-0.15, -0.1) is 0 Å². The number of aliphatic hydroxyl groups excluding tert-OH is 1. The summed E-state index contributed by atoms with van der Waals surface area (Å²) in [6.07, 6.45) is 3.33. The van der Waals surface area contributed by atoms with Gasteiger partial charge in [0, 0.05) is 29.1 Å². The molecule has 2 N–H and O–H groups in total. The number of nitrogens with one attached hydrogen (secondary N) is 1. The third kappa shape index (κ3) is 3.45. The van der Waals surface area contributed by atoms with Gasteiger partial charge in [-0.25, -0.2) is 0 Å². The summed E-state index contributed by atoms with van der Waals surface area (Å²) in [5.41, 5.74) is 4.68. The third-order valence-electron chi connectivity index (χ3n) is 4.75. The molecule has 29 heavy (non-hydrogen) atoms. The Morgan fingerprint density at radius 3 is 2.55 bits per heavy atom. The number of nitriles is 1. The molecule has 2 aromatic heterocycles. The highest BCUT2D eigenvalue weighted by Crippen LogP contribution is 2.38. The molecule has 5 nitrogen and oxygen atoms in total. The van der Waals surface area contributed by atoms with Crippen molar-refractivity contribution in [3.05, 3.63) is 101 Å². The number of hydrogen-bond acceptors (Lipinski definition) is 4. The number of aliphatic hydroxyl groups is 1. The summed E-state index contributed by atoms with van der Waals surface area (Å²) in [6.45, 7) is -0.111.